The van der Waals surface area contributed by atoms with Crippen molar-refractivity contribution in [2.24, 2.45) is 0 Å². The Bertz CT molecular complexity index is 333. The monoisotopic (exact) mass is 201 g/mol. The van der Waals surface area contributed by atoms with Crippen LogP contribution >= 0.6 is 0 Å². The fourth-order valence-electron chi connectivity index (χ4n) is 2.40. The third-order valence-electron chi connectivity index (χ3n) is 3.64. The van der Waals surface area contributed by atoms with E-state index in [1.165, 1.54) is 27.8 Å². The Balaban J connectivity index is 0.00000196. The predicted molar refractivity (Wildman–Crippen MR) is 70.0 cm³/mol. The van der Waals surface area contributed by atoms with Crippen LogP contribution in [0.4, 0.5) is 0 Å². The largest absolute Gasteiger partial charge is 0.0587 e. The number of rotatable bonds is 1. The van der Waals surface area contributed by atoms with E-state index < -0.39 is 0 Å². The van der Waals surface area contributed by atoms with Crippen molar-refractivity contribution >= 4 is 8.41 Å². The van der Waals surface area contributed by atoms with Gasteiger partial charge in [-0.1, -0.05) is 13.8 Å². The lowest BCUT2D eigenvalue weighted by Gasteiger charge is -2.21. The average molecular weight is 201 g/mol. The standard InChI is InChI=1S/C14H22.B/c1-8(2)14-12(6)10(4)9(3)11(5)13(14)7;/h8H,1-7H3;. The van der Waals surface area contributed by atoms with Gasteiger partial charge in [-0.05, 0) is 73.9 Å². The van der Waals surface area contributed by atoms with E-state index in [4.69, 9.17) is 0 Å². The molecule has 81 valence electrons. The molecule has 0 nitrogen and oxygen atoms in total. The summed E-state index contributed by atoms with van der Waals surface area (Å²) in [6.45, 7) is 15.8. The van der Waals surface area contributed by atoms with E-state index in [1.807, 2.05) is 0 Å². The van der Waals surface area contributed by atoms with Gasteiger partial charge in [-0.25, -0.2) is 0 Å². The predicted octanol–water partition coefficient (Wildman–Crippen LogP) is 3.97. The Labute approximate surface area is 96.7 Å². The summed E-state index contributed by atoms with van der Waals surface area (Å²) < 4.78 is 0. The first-order valence-electron chi connectivity index (χ1n) is 5.44. The highest BCUT2D eigenvalue weighted by Gasteiger charge is 2.13. The average Bonchev–Trinajstić information content (AvgIpc) is 2.11. The third kappa shape index (κ3) is 2.27. The van der Waals surface area contributed by atoms with Crippen LogP contribution in [0.5, 0.6) is 0 Å². The van der Waals surface area contributed by atoms with E-state index in [2.05, 4.69) is 48.5 Å². The van der Waals surface area contributed by atoms with E-state index in [0.717, 1.165) is 0 Å². The van der Waals surface area contributed by atoms with Gasteiger partial charge in [-0.2, -0.15) is 0 Å². The van der Waals surface area contributed by atoms with Crippen molar-refractivity contribution in [3.63, 3.8) is 0 Å². The quantitative estimate of drug-likeness (QED) is 0.603. The lowest BCUT2D eigenvalue weighted by Crippen LogP contribution is -2.04. The van der Waals surface area contributed by atoms with Gasteiger partial charge in [0.15, 0.2) is 0 Å². The van der Waals surface area contributed by atoms with Crippen molar-refractivity contribution in [1.82, 2.24) is 0 Å². The van der Waals surface area contributed by atoms with Gasteiger partial charge in [0, 0.05) is 8.41 Å². The SMILES string of the molecule is Cc1c(C)c(C)c(C(C)C)c(C)c1C.[B]. The van der Waals surface area contributed by atoms with Crippen LogP contribution in [0.15, 0.2) is 0 Å². The van der Waals surface area contributed by atoms with Crippen LogP contribution < -0.4 is 0 Å². The zero-order valence-electron chi connectivity index (χ0n) is 11.2. The topological polar surface area (TPSA) is 0 Å². The Morgan fingerprint density at radius 1 is 0.600 bits per heavy atom. The highest BCUT2D eigenvalue weighted by molar-refractivity contribution is 5.75. The minimum absolute atomic E-state index is 0. The van der Waals surface area contributed by atoms with Gasteiger partial charge in [0.25, 0.3) is 0 Å². The van der Waals surface area contributed by atoms with Gasteiger partial charge in [0.1, 0.15) is 0 Å². The summed E-state index contributed by atoms with van der Waals surface area (Å²) in [6, 6.07) is 0. The van der Waals surface area contributed by atoms with Crippen molar-refractivity contribution in [3.05, 3.63) is 33.4 Å². The molecule has 0 aliphatic carbocycles. The van der Waals surface area contributed by atoms with Gasteiger partial charge in [-0.3, -0.25) is 0 Å². The minimum atomic E-state index is 0. The molecule has 1 aromatic carbocycles. The maximum atomic E-state index is 2.28. The molecular weight excluding hydrogens is 179 g/mol. The van der Waals surface area contributed by atoms with Gasteiger partial charge in [-0.15, -0.1) is 0 Å². The van der Waals surface area contributed by atoms with Crippen molar-refractivity contribution in [2.45, 2.75) is 54.4 Å². The molecule has 1 aromatic rings. The van der Waals surface area contributed by atoms with Gasteiger partial charge in [0.2, 0.25) is 0 Å². The van der Waals surface area contributed by atoms with Crippen LogP contribution in [-0.4, -0.2) is 8.41 Å². The number of hydrogen-bond donors (Lipinski definition) is 0. The highest BCUT2D eigenvalue weighted by Crippen LogP contribution is 2.30. The van der Waals surface area contributed by atoms with Gasteiger partial charge >= 0.3 is 0 Å². The fraction of sp³-hybridized carbons (Fsp3) is 0.571. The maximum absolute atomic E-state index is 2.28. The smallest absolute Gasteiger partial charge is 0 e. The lowest BCUT2D eigenvalue weighted by molar-refractivity contribution is 0.837. The molecular formula is C14H22B. The first-order valence-corrected chi connectivity index (χ1v) is 5.44. The fourth-order valence-corrected chi connectivity index (χ4v) is 2.40. The first kappa shape index (κ1) is 14.3. The summed E-state index contributed by atoms with van der Waals surface area (Å²) in [7, 11) is 0. The first-order chi connectivity index (χ1) is 6.37. The second-order valence-corrected chi connectivity index (χ2v) is 4.69. The van der Waals surface area contributed by atoms with E-state index in [-0.39, 0.29) is 8.41 Å². The summed E-state index contributed by atoms with van der Waals surface area (Å²) in [5.74, 6) is 0.632. The van der Waals surface area contributed by atoms with Crippen molar-refractivity contribution < 1.29 is 0 Å². The molecule has 1 heteroatoms. The van der Waals surface area contributed by atoms with Crippen LogP contribution in [0.25, 0.3) is 0 Å². The molecule has 0 atom stereocenters. The molecule has 1 rings (SSSR count). The van der Waals surface area contributed by atoms with E-state index in [1.54, 1.807) is 5.56 Å². The van der Waals surface area contributed by atoms with E-state index in [9.17, 15) is 0 Å². The molecule has 0 N–H and O–H groups in total. The van der Waals surface area contributed by atoms with Crippen LogP contribution in [0.2, 0.25) is 0 Å². The van der Waals surface area contributed by atoms with Crippen molar-refractivity contribution in [1.29, 1.82) is 0 Å². The molecule has 0 fully saturated rings. The molecule has 0 saturated carbocycles. The van der Waals surface area contributed by atoms with E-state index >= 15 is 0 Å². The van der Waals surface area contributed by atoms with Crippen LogP contribution in [0, 0.1) is 34.6 Å². The van der Waals surface area contributed by atoms with Crippen molar-refractivity contribution in [2.75, 3.05) is 0 Å². The summed E-state index contributed by atoms with van der Waals surface area (Å²) >= 11 is 0. The molecule has 0 spiro atoms. The van der Waals surface area contributed by atoms with Crippen molar-refractivity contribution in [3.8, 4) is 0 Å². The van der Waals surface area contributed by atoms with Crippen LogP contribution in [0.3, 0.4) is 0 Å². The Hall–Kier alpha value is -0.715. The third-order valence-corrected chi connectivity index (χ3v) is 3.64. The molecule has 0 amide bonds. The van der Waals surface area contributed by atoms with Crippen LogP contribution in [-0.2, 0) is 0 Å². The Kier molecular flexibility index (Phi) is 4.64. The molecule has 0 heterocycles. The molecule has 0 unspecified atom stereocenters. The molecule has 0 aliphatic heterocycles. The van der Waals surface area contributed by atoms with Crippen LogP contribution in [0.1, 0.15) is 53.1 Å². The summed E-state index contributed by atoms with van der Waals surface area (Å²) in [5.41, 5.74) is 8.92. The molecule has 0 aliphatic rings. The van der Waals surface area contributed by atoms with E-state index in [0.29, 0.717) is 5.92 Å². The summed E-state index contributed by atoms with van der Waals surface area (Å²) in [5, 5.41) is 0. The molecule has 0 aromatic heterocycles. The second kappa shape index (κ2) is 4.87. The maximum Gasteiger partial charge on any atom is 0 e. The number of benzene rings is 1. The zero-order valence-corrected chi connectivity index (χ0v) is 11.2. The Morgan fingerprint density at radius 3 is 1.13 bits per heavy atom. The normalized spacial score (nSPS) is 10.4. The summed E-state index contributed by atoms with van der Waals surface area (Å²) in [6.07, 6.45) is 0. The van der Waals surface area contributed by atoms with Gasteiger partial charge in [0.05, 0.1) is 0 Å². The highest BCUT2D eigenvalue weighted by atomic mass is 14.2. The number of hydrogen-bond acceptors (Lipinski definition) is 0. The summed E-state index contributed by atoms with van der Waals surface area (Å²) in [4.78, 5) is 0. The molecule has 0 bridgehead atoms. The lowest BCUT2D eigenvalue weighted by atomic mass is 9.85. The minimum Gasteiger partial charge on any atom is -0.0587 e. The second-order valence-electron chi connectivity index (χ2n) is 4.69. The zero-order chi connectivity index (χ0) is 11.0. The molecule has 15 heavy (non-hydrogen) atoms. The molecule has 0 saturated heterocycles. The van der Waals surface area contributed by atoms with Gasteiger partial charge < -0.3 is 0 Å². The Morgan fingerprint density at radius 2 is 0.867 bits per heavy atom. The molecule has 3 radical (unpaired) electrons.